The lowest BCUT2D eigenvalue weighted by Gasteiger charge is -2.13. The van der Waals surface area contributed by atoms with E-state index in [0.717, 1.165) is 27.6 Å². The SMILES string of the molecule is Cc1ccc([C@@H](C)O)c(OCc2csc(C)n2)c1. The zero-order valence-corrected chi connectivity index (χ0v) is 11.6. The van der Waals surface area contributed by atoms with Crippen molar-refractivity contribution in [1.29, 1.82) is 0 Å². The molecule has 4 heteroatoms. The third kappa shape index (κ3) is 3.09. The molecule has 0 bridgehead atoms. The third-order valence-corrected chi connectivity index (χ3v) is 3.48. The molecule has 0 radical (unpaired) electrons. The molecule has 0 saturated heterocycles. The lowest BCUT2D eigenvalue weighted by atomic mass is 10.1. The monoisotopic (exact) mass is 263 g/mol. The van der Waals surface area contributed by atoms with Gasteiger partial charge in [0.15, 0.2) is 0 Å². The largest absolute Gasteiger partial charge is 0.487 e. The van der Waals surface area contributed by atoms with E-state index in [-0.39, 0.29) is 0 Å². The van der Waals surface area contributed by atoms with Crippen molar-refractivity contribution in [3.63, 3.8) is 0 Å². The van der Waals surface area contributed by atoms with Gasteiger partial charge < -0.3 is 9.84 Å². The van der Waals surface area contributed by atoms with E-state index in [1.807, 2.05) is 37.4 Å². The van der Waals surface area contributed by atoms with Gasteiger partial charge in [0.2, 0.25) is 0 Å². The molecule has 0 fully saturated rings. The fourth-order valence-corrected chi connectivity index (χ4v) is 2.34. The van der Waals surface area contributed by atoms with Crippen molar-refractivity contribution in [1.82, 2.24) is 4.98 Å². The van der Waals surface area contributed by atoms with Crippen LogP contribution in [0.5, 0.6) is 5.75 Å². The quantitative estimate of drug-likeness (QED) is 0.919. The number of aryl methyl sites for hydroxylation is 2. The molecule has 1 aromatic heterocycles. The Kier molecular flexibility index (Phi) is 3.99. The number of thiazole rings is 1. The molecule has 0 aliphatic heterocycles. The van der Waals surface area contributed by atoms with Gasteiger partial charge in [-0.05, 0) is 32.4 Å². The van der Waals surface area contributed by atoms with Gasteiger partial charge in [0.1, 0.15) is 12.4 Å². The summed E-state index contributed by atoms with van der Waals surface area (Å²) >= 11 is 1.61. The molecule has 1 heterocycles. The highest BCUT2D eigenvalue weighted by atomic mass is 32.1. The lowest BCUT2D eigenvalue weighted by Crippen LogP contribution is -2.01. The molecule has 1 atom stereocenters. The van der Waals surface area contributed by atoms with Crippen molar-refractivity contribution < 1.29 is 9.84 Å². The molecule has 96 valence electrons. The number of nitrogens with zero attached hydrogens (tertiary/aromatic N) is 1. The highest BCUT2D eigenvalue weighted by molar-refractivity contribution is 7.09. The summed E-state index contributed by atoms with van der Waals surface area (Å²) in [4.78, 5) is 4.35. The van der Waals surface area contributed by atoms with Crippen LogP contribution < -0.4 is 4.74 Å². The molecule has 0 unspecified atom stereocenters. The molecule has 2 rings (SSSR count). The first-order valence-electron chi connectivity index (χ1n) is 5.88. The van der Waals surface area contributed by atoms with Crippen molar-refractivity contribution in [3.05, 3.63) is 45.4 Å². The van der Waals surface area contributed by atoms with Crippen LogP contribution in [-0.4, -0.2) is 10.1 Å². The zero-order valence-electron chi connectivity index (χ0n) is 10.8. The fraction of sp³-hybridized carbons (Fsp3) is 0.357. The Morgan fingerprint density at radius 2 is 2.17 bits per heavy atom. The highest BCUT2D eigenvalue weighted by Gasteiger charge is 2.10. The molecule has 1 N–H and O–H groups in total. The van der Waals surface area contributed by atoms with Gasteiger partial charge in [0, 0.05) is 10.9 Å². The maximum Gasteiger partial charge on any atom is 0.131 e. The minimum absolute atomic E-state index is 0.438. The summed E-state index contributed by atoms with van der Waals surface area (Å²) in [5, 5.41) is 12.7. The minimum atomic E-state index is -0.530. The van der Waals surface area contributed by atoms with Crippen LogP contribution >= 0.6 is 11.3 Å². The van der Waals surface area contributed by atoms with Gasteiger partial charge in [-0.2, -0.15) is 0 Å². The van der Waals surface area contributed by atoms with Gasteiger partial charge in [0.05, 0.1) is 16.8 Å². The molecule has 3 nitrogen and oxygen atoms in total. The van der Waals surface area contributed by atoms with E-state index >= 15 is 0 Å². The number of aromatic nitrogens is 1. The number of hydrogen-bond donors (Lipinski definition) is 1. The molecule has 2 aromatic rings. The average molecular weight is 263 g/mol. The second kappa shape index (κ2) is 5.50. The summed E-state index contributed by atoms with van der Waals surface area (Å²) in [5.74, 6) is 0.732. The topological polar surface area (TPSA) is 42.4 Å². The van der Waals surface area contributed by atoms with E-state index in [9.17, 15) is 5.11 Å². The smallest absolute Gasteiger partial charge is 0.131 e. The second-order valence-corrected chi connectivity index (χ2v) is 5.43. The van der Waals surface area contributed by atoms with E-state index < -0.39 is 6.10 Å². The summed E-state index contributed by atoms with van der Waals surface area (Å²) < 4.78 is 5.76. The first-order chi connectivity index (χ1) is 8.56. The normalized spacial score (nSPS) is 12.4. The zero-order chi connectivity index (χ0) is 13.1. The van der Waals surface area contributed by atoms with Crippen LogP contribution in [0.15, 0.2) is 23.6 Å². The minimum Gasteiger partial charge on any atom is -0.487 e. The van der Waals surface area contributed by atoms with E-state index in [1.54, 1.807) is 18.3 Å². The standard InChI is InChI=1S/C14H17NO2S/c1-9-4-5-13(10(2)16)14(6-9)17-7-12-8-18-11(3)15-12/h4-6,8,10,16H,7H2,1-3H3/t10-/m1/s1. The van der Waals surface area contributed by atoms with Gasteiger partial charge >= 0.3 is 0 Å². The predicted molar refractivity (Wildman–Crippen MR) is 73.0 cm³/mol. The first kappa shape index (κ1) is 13.1. The molecule has 1 aromatic carbocycles. The van der Waals surface area contributed by atoms with Crippen molar-refractivity contribution in [2.75, 3.05) is 0 Å². The molecule has 0 amide bonds. The number of benzene rings is 1. The van der Waals surface area contributed by atoms with Crippen molar-refractivity contribution in [2.24, 2.45) is 0 Å². The number of rotatable bonds is 4. The fourth-order valence-electron chi connectivity index (χ4n) is 1.74. The Morgan fingerprint density at radius 3 is 2.78 bits per heavy atom. The Morgan fingerprint density at radius 1 is 1.39 bits per heavy atom. The predicted octanol–water partition coefficient (Wildman–Crippen LogP) is 3.39. The van der Waals surface area contributed by atoms with Crippen LogP contribution in [0.25, 0.3) is 0 Å². The van der Waals surface area contributed by atoms with Crippen LogP contribution in [0, 0.1) is 13.8 Å². The molecule has 18 heavy (non-hydrogen) atoms. The van der Waals surface area contributed by atoms with Gasteiger partial charge in [0.25, 0.3) is 0 Å². The highest BCUT2D eigenvalue weighted by Crippen LogP contribution is 2.27. The van der Waals surface area contributed by atoms with Gasteiger partial charge in [-0.25, -0.2) is 4.98 Å². The lowest BCUT2D eigenvalue weighted by molar-refractivity contribution is 0.190. The maximum absolute atomic E-state index is 9.70. The molecule has 0 aliphatic rings. The molecule has 0 aliphatic carbocycles. The summed E-state index contributed by atoms with van der Waals surface area (Å²) in [5.41, 5.74) is 2.85. The van der Waals surface area contributed by atoms with Gasteiger partial charge in [-0.3, -0.25) is 0 Å². The van der Waals surface area contributed by atoms with Crippen LogP contribution in [0.1, 0.15) is 34.9 Å². The summed E-state index contributed by atoms with van der Waals surface area (Å²) in [7, 11) is 0. The Labute approximate surface area is 111 Å². The number of ether oxygens (including phenoxy) is 1. The maximum atomic E-state index is 9.70. The van der Waals surface area contributed by atoms with Crippen LogP contribution in [0.2, 0.25) is 0 Å². The molecular weight excluding hydrogens is 246 g/mol. The Balaban J connectivity index is 2.15. The van der Waals surface area contributed by atoms with Crippen LogP contribution in [0.3, 0.4) is 0 Å². The van der Waals surface area contributed by atoms with Crippen molar-refractivity contribution >= 4 is 11.3 Å². The first-order valence-corrected chi connectivity index (χ1v) is 6.76. The van der Waals surface area contributed by atoms with Crippen LogP contribution in [0.4, 0.5) is 0 Å². The second-order valence-electron chi connectivity index (χ2n) is 4.36. The number of aliphatic hydroxyl groups excluding tert-OH is 1. The Hall–Kier alpha value is -1.39. The Bertz CT molecular complexity index is 534. The van der Waals surface area contributed by atoms with E-state index in [1.165, 1.54) is 0 Å². The van der Waals surface area contributed by atoms with Crippen molar-refractivity contribution in [3.8, 4) is 5.75 Å². The van der Waals surface area contributed by atoms with Crippen molar-refractivity contribution in [2.45, 2.75) is 33.5 Å². The summed E-state index contributed by atoms with van der Waals surface area (Å²) in [6.07, 6.45) is -0.530. The third-order valence-electron chi connectivity index (χ3n) is 2.66. The summed E-state index contributed by atoms with van der Waals surface area (Å²) in [6.45, 7) is 6.16. The molecular formula is C14H17NO2S. The average Bonchev–Trinajstić information content (AvgIpc) is 2.72. The van der Waals surface area contributed by atoms with E-state index in [4.69, 9.17) is 4.74 Å². The molecule has 0 saturated carbocycles. The summed E-state index contributed by atoms with van der Waals surface area (Å²) in [6, 6.07) is 5.82. The van der Waals surface area contributed by atoms with Gasteiger partial charge in [-0.1, -0.05) is 12.1 Å². The van der Waals surface area contributed by atoms with E-state index in [2.05, 4.69) is 4.98 Å². The number of aliphatic hydroxyl groups is 1. The molecule has 0 spiro atoms. The number of hydrogen-bond acceptors (Lipinski definition) is 4. The van der Waals surface area contributed by atoms with Gasteiger partial charge in [-0.15, -0.1) is 11.3 Å². The van der Waals surface area contributed by atoms with Crippen LogP contribution in [-0.2, 0) is 6.61 Å². The van der Waals surface area contributed by atoms with E-state index in [0.29, 0.717) is 6.61 Å².